The molecular formula is C13H18BrNO. The molecule has 1 rings (SSSR count). The van der Waals surface area contributed by atoms with Crippen molar-refractivity contribution in [3.63, 3.8) is 0 Å². The molecule has 0 fully saturated rings. The molecule has 0 aliphatic heterocycles. The predicted octanol–water partition coefficient (Wildman–Crippen LogP) is 3.35. The second-order valence-electron chi connectivity index (χ2n) is 3.96. The molecule has 1 aromatic carbocycles. The number of amides is 1. The molecule has 0 aliphatic rings. The third kappa shape index (κ3) is 3.34. The first-order valence-corrected chi connectivity index (χ1v) is 6.47. The highest BCUT2D eigenvalue weighted by Gasteiger charge is 2.16. The van der Waals surface area contributed by atoms with Gasteiger partial charge in [0.15, 0.2) is 0 Å². The molecule has 3 heteroatoms. The molecule has 1 aromatic rings. The van der Waals surface area contributed by atoms with Gasteiger partial charge < -0.3 is 5.32 Å². The fourth-order valence-electron chi connectivity index (χ4n) is 1.64. The van der Waals surface area contributed by atoms with E-state index in [1.165, 1.54) is 11.1 Å². The summed E-state index contributed by atoms with van der Waals surface area (Å²) in [6, 6.07) is 8.17. The van der Waals surface area contributed by atoms with E-state index in [4.69, 9.17) is 0 Å². The van der Waals surface area contributed by atoms with Crippen LogP contribution in [0.15, 0.2) is 24.3 Å². The summed E-state index contributed by atoms with van der Waals surface area (Å²) >= 11 is 3.35. The third-order valence-corrected chi connectivity index (χ3v) is 3.72. The zero-order valence-electron chi connectivity index (χ0n) is 9.96. The Morgan fingerprint density at radius 3 is 2.62 bits per heavy atom. The highest BCUT2D eigenvalue weighted by molar-refractivity contribution is 9.10. The monoisotopic (exact) mass is 283 g/mol. The average molecular weight is 284 g/mol. The summed E-state index contributed by atoms with van der Waals surface area (Å²) < 4.78 is 0. The fourth-order valence-corrected chi connectivity index (χ4v) is 1.77. The van der Waals surface area contributed by atoms with Crippen LogP contribution in [0, 0.1) is 6.92 Å². The second-order valence-corrected chi connectivity index (χ2v) is 5.07. The van der Waals surface area contributed by atoms with Crippen LogP contribution in [0.5, 0.6) is 0 Å². The van der Waals surface area contributed by atoms with Crippen molar-refractivity contribution in [2.75, 3.05) is 0 Å². The van der Waals surface area contributed by atoms with Crippen LogP contribution < -0.4 is 5.32 Å². The van der Waals surface area contributed by atoms with E-state index in [9.17, 15) is 4.79 Å². The Hall–Kier alpha value is -0.830. The summed E-state index contributed by atoms with van der Waals surface area (Å²) in [6.45, 7) is 6.05. The van der Waals surface area contributed by atoms with Crippen molar-refractivity contribution >= 4 is 21.8 Å². The molecule has 0 bridgehead atoms. The average Bonchev–Trinajstić information content (AvgIpc) is 2.28. The van der Waals surface area contributed by atoms with Crippen LogP contribution in [-0.4, -0.2) is 10.7 Å². The van der Waals surface area contributed by atoms with Gasteiger partial charge in [-0.15, -0.1) is 0 Å². The van der Waals surface area contributed by atoms with E-state index in [-0.39, 0.29) is 16.8 Å². The first kappa shape index (κ1) is 13.2. The smallest absolute Gasteiger partial charge is 0.234 e. The number of carbonyl (C=O) groups is 1. The number of halogens is 1. The van der Waals surface area contributed by atoms with Gasteiger partial charge in [-0.1, -0.05) is 47.1 Å². The van der Waals surface area contributed by atoms with E-state index in [1.807, 2.05) is 26.0 Å². The number of rotatable bonds is 4. The zero-order valence-corrected chi connectivity index (χ0v) is 11.5. The summed E-state index contributed by atoms with van der Waals surface area (Å²) in [5, 5.41) is 3.00. The molecule has 0 spiro atoms. The van der Waals surface area contributed by atoms with Gasteiger partial charge in [0.2, 0.25) is 5.91 Å². The lowest BCUT2D eigenvalue weighted by Gasteiger charge is -2.18. The molecule has 1 N–H and O–H groups in total. The lowest BCUT2D eigenvalue weighted by atomic mass is 10.0. The second kappa shape index (κ2) is 6.04. The lowest BCUT2D eigenvalue weighted by Crippen LogP contribution is -2.33. The number of hydrogen-bond acceptors (Lipinski definition) is 1. The van der Waals surface area contributed by atoms with Gasteiger partial charge in [0.1, 0.15) is 0 Å². The Morgan fingerprint density at radius 2 is 2.06 bits per heavy atom. The van der Waals surface area contributed by atoms with Gasteiger partial charge >= 0.3 is 0 Å². The topological polar surface area (TPSA) is 29.1 Å². The number of aryl methyl sites for hydroxylation is 1. The maximum Gasteiger partial charge on any atom is 0.234 e. The molecule has 0 aliphatic carbocycles. The van der Waals surface area contributed by atoms with Gasteiger partial charge in [-0.3, -0.25) is 4.79 Å². The largest absolute Gasteiger partial charge is 0.349 e. The summed E-state index contributed by atoms with van der Waals surface area (Å²) in [4.78, 5) is 11.6. The molecule has 88 valence electrons. The van der Waals surface area contributed by atoms with Crippen molar-refractivity contribution in [3.05, 3.63) is 35.4 Å². The highest BCUT2D eigenvalue weighted by Crippen LogP contribution is 2.17. The molecule has 0 radical (unpaired) electrons. The fraction of sp³-hybridized carbons (Fsp3) is 0.462. The van der Waals surface area contributed by atoms with Crippen molar-refractivity contribution in [2.24, 2.45) is 0 Å². The maximum atomic E-state index is 11.7. The number of nitrogens with one attached hydrogen (secondary N) is 1. The molecule has 1 amide bonds. The van der Waals surface area contributed by atoms with E-state index in [2.05, 4.69) is 40.3 Å². The minimum absolute atomic E-state index is 0.0539. The number of alkyl halides is 1. The molecule has 0 aromatic heterocycles. The normalized spacial score (nSPS) is 14.2. The number of carbonyl (C=O) groups excluding carboxylic acids is 1. The Labute approximate surface area is 106 Å². The lowest BCUT2D eigenvalue weighted by molar-refractivity contribution is -0.121. The molecule has 0 heterocycles. The van der Waals surface area contributed by atoms with E-state index < -0.39 is 0 Å². The van der Waals surface area contributed by atoms with Crippen molar-refractivity contribution < 1.29 is 4.79 Å². The van der Waals surface area contributed by atoms with E-state index in [1.54, 1.807) is 0 Å². The summed E-state index contributed by atoms with van der Waals surface area (Å²) in [5.41, 5.74) is 2.38. The van der Waals surface area contributed by atoms with E-state index in [0.717, 1.165) is 6.42 Å². The minimum Gasteiger partial charge on any atom is -0.349 e. The summed E-state index contributed by atoms with van der Waals surface area (Å²) in [7, 11) is 0. The Kier molecular flexibility index (Phi) is 5.00. The zero-order chi connectivity index (χ0) is 12.1. The van der Waals surface area contributed by atoms with Crippen LogP contribution in [0.1, 0.15) is 37.4 Å². The highest BCUT2D eigenvalue weighted by atomic mass is 79.9. The molecule has 2 atom stereocenters. The quantitative estimate of drug-likeness (QED) is 0.844. The van der Waals surface area contributed by atoms with Crippen molar-refractivity contribution in [2.45, 2.75) is 38.1 Å². The van der Waals surface area contributed by atoms with Crippen molar-refractivity contribution in [1.82, 2.24) is 5.32 Å². The molecular weight excluding hydrogens is 266 g/mol. The summed E-state index contributed by atoms with van der Waals surface area (Å²) in [5.74, 6) is 0.0539. The van der Waals surface area contributed by atoms with Crippen molar-refractivity contribution in [3.8, 4) is 0 Å². The van der Waals surface area contributed by atoms with E-state index >= 15 is 0 Å². The molecule has 0 saturated heterocycles. The van der Waals surface area contributed by atoms with Gasteiger partial charge in [-0.25, -0.2) is 0 Å². The van der Waals surface area contributed by atoms with E-state index in [0.29, 0.717) is 0 Å². The Morgan fingerprint density at radius 1 is 1.44 bits per heavy atom. The van der Waals surface area contributed by atoms with Crippen LogP contribution in [0.2, 0.25) is 0 Å². The molecule has 0 saturated carbocycles. The van der Waals surface area contributed by atoms with Crippen molar-refractivity contribution in [1.29, 1.82) is 0 Å². The van der Waals surface area contributed by atoms with Gasteiger partial charge in [0.05, 0.1) is 10.9 Å². The first-order chi connectivity index (χ1) is 7.56. The molecule has 2 nitrogen and oxygen atoms in total. The van der Waals surface area contributed by atoms with Gasteiger partial charge in [0, 0.05) is 0 Å². The number of hydrogen-bond donors (Lipinski definition) is 1. The standard InChI is InChI=1S/C13H18BrNO/c1-4-12(14)13(16)15-10(3)11-8-6-5-7-9(11)2/h5-8,10,12H,4H2,1-3H3,(H,15,16)/t10-,12-/m0/s1. The summed E-state index contributed by atoms with van der Waals surface area (Å²) in [6.07, 6.45) is 0.798. The molecule has 0 unspecified atom stereocenters. The van der Waals surface area contributed by atoms with Crippen LogP contribution in [-0.2, 0) is 4.79 Å². The first-order valence-electron chi connectivity index (χ1n) is 5.56. The third-order valence-electron chi connectivity index (χ3n) is 2.66. The van der Waals surface area contributed by atoms with Gasteiger partial charge in [-0.2, -0.15) is 0 Å². The number of benzene rings is 1. The van der Waals surface area contributed by atoms with Crippen LogP contribution in [0.4, 0.5) is 0 Å². The molecule has 16 heavy (non-hydrogen) atoms. The predicted molar refractivity (Wildman–Crippen MR) is 70.7 cm³/mol. The van der Waals surface area contributed by atoms with Gasteiger partial charge in [0.25, 0.3) is 0 Å². The van der Waals surface area contributed by atoms with Gasteiger partial charge in [-0.05, 0) is 31.4 Å². The van der Waals surface area contributed by atoms with Crippen LogP contribution in [0.3, 0.4) is 0 Å². The van der Waals surface area contributed by atoms with Crippen LogP contribution >= 0.6 is 15.9 Å². The maximum absolute atomic E-state index is 11.7. The van der Waals surface area contributed by atoms with Crippen LogP contribution in [0.25, 0.3) is 0 Å². The SMILES string of the molecule is CC[C@H](Br)C(=O)N[C@@H](C)c1ccccc1C. The minimum atomic E-state index is -0.0982. The Bertz CT molecular complexity index is 365. The Balaban J connectivity index is 2.69.